The summed E-state index contributed by atoms with van der Waals surface area (Å²) in [4.78, 5) is 0. The van der Waals surface area contributed by atoms with Crippen LogP contribution in [0.1, 0.15) is 25.3 Å². The molecule has 0 radical (unpaired) electrons. The van der Waals surface area contributed by atoms with E-state index in [1.54, 1.807) is 6.07 Å². The molecule has 2 aromatic carbocycles. The maximum atomic E-state index is 9.92. The van der Waals surface area contributed by atoms with Crippen molar-refractivity contribution in [2.75, 3.05) is 0 Å². The van der Waals surface area contributed by atoms with Gasteiger partial charge in [-0.2, -0.15) is 0 Å². The summed E-state index contributed by atoms with van der Waals surface area (Å²) in [6.45, 7) is 4.20. The molecule has 1 nitrogen and oxygen atoms in total. The van der Waals surface area contributed by atoms with Crippen molar-refractivity contribution in [1.82, 2.24) is 0 Å². The van der Waals surface area contributed by atoms with Crippen molar-refractivity contribution in [1.29, 1.82) is 0 Å². The topological polar surface area (TPSA) is 20.2 Å². The fraction of sp³-hybridized carbons (Fsp3) is 0.200. The molecule has 16 heavy (non-hydrogen) atoms. The minimum absolute atomic E-state index is 0.316. The van der Waals surface area contributed by atoms with Gasteiger partial charge < -0.3 is 5.11 Å². The molecule has 0 spiro atoms. The Morgan fingerprint density at radius 3 is 2.19 bits per heavy atom. The molecule has 0 fully saturated rings. The van der Waals surface area contributed by atoms with Crippen molar-refractivity contribution in [2.45, 2.75) is 19.8 Å². The summed E-state index contributed by atoms with van der Waals surface area (Å²) in [5.74, 6) is 0.702. The largest absolute Gasteiger partial charge is 0.508 e. The molecule has 0 aromatic heterocycles. The Labute approximate surface area is 96.4 Å². The first kappa shape index (κ1) is 10.7. The van der Waals surface area contributed by atoms with E-state index in [2.05, 4.69) is 32.0 Å². The van der Waals surface area contributed by atoms with E-state index in [4.69, 9.17) is 0 Å². The molecule has 0 unspecified atom stereocenters. The van der Waals surface area contributed by atoms with Crippen molar-refractivity contribution in [3.8, 4) is 16.9 Å². The van der Waals surface area contributed by atoms with Crippen LogP contribution in [0.2, 0.25) is 0 Å². The Bertz CT molecular complexity index is 472. The molecule has 2 rings (SSSR count). The maximum Gasteiger partial charge on any atom is 0.119 e. The molecule has 2 aromatic rings. The van der Waals surface area contributed by atoms with Gasteiger partial charge in [0.05, 0.1) is 0 Å². The zero-order chi connectivity index (χ0) is 11.5. The quantitative estimate of drug-likeness (QED) is 0.791. The summed E-state index contributed by atoms with van der Waals surface area (Å²) in [6, 6.07) is 15.9. The summed E-state index contributed by atoms with van der Waals surface area (Å²) in [7, 11) is 0. The van der Waals surface area contributed by atoms with Gasteiger partial charge in [0.2, 0.25) is 0 Å². The average molecular weight is 212 g/mol. The number of hydrogen-bond donors (Lipinski definition) is 1. The lowest BCUT2D eigenvalue weighted by Gasteiger charge is -2.14. The highest BCUT2D eigenvalue weighted by Gasteiger charge is 2.12. The second-order valence-corrected chi connectivity index (χ2v) is 4.26. The number of benzene rings is 2. The Balaban J connectivity index is 2.61. The van der Waals surface area contributed by atoms with Crippen molar-refractivity contribution in [2.24, 2.45) is 0 Å². The maximum absolute atomic E-state index is 9.92. The third-order valence-electron chi connectivity index (χ3n) is 2.75. The van der Waals surface area contributed by atoms with Crippen molar-refractivity contribution >= 4 is 0 Å². The van der Waals surface area contributed by atoms with Gasteiger partial charge in [-0.1, -0.05) is 56.3 Å². The van der Waals surface area contributed by atoms with Crippen LogP contribution in [-0.2, 0) is 0 Å². The van der Waals surface area contributed by atoms with E-state index in [1.165, 1.54) is 0 Å². The second-order valence-electron chi connectivity index (χ2n) is 4.26. The van der Waals surface area contributed by atoms with Gasteiger partial charge >= 0.3 is 0 Å². The van der Waals surface area contributed by atoms with Crippen LogP contribution in [-0.4, -0.2) is 5.11 Å². The number of aromatic hydroxyl groups is 1. The first-order chi connectivity index (χ1) is 7.70. The zero-order valence-electron chi connectivity index (χ0n) is 9.64. The molecule has 82 valence electrons. The van der Waals surface area contributed by atoms with E-state index >= 15 is 0 Å². The van der Waals surface area contributed by atoms with Crippen LogP contribution in [0.25, 0.3) is 11.1 Å². The normalized spacial score (nSPS) is 10.7. The molecule has 0 heterocycles. The average Bonchev–Trinajstić information content (AvgIpc) is 2.29. The molecular weight excluding hydrogens is 196 g/mol. The highest BCUT2D eigenvalue weighted by atomic mass is 16.3. The first-order valence-corrected chi connectivity index (χ1v) is 5.57. The Morgan fingerprint density at radius 2 is 1.56 bits per heavy atom. The summed E-state index contributed by atoms with van der Waals surface area (Å²) in [5.41, 5.74) is 3.30. The van der Waals surface area contributed by atoms with Crippen LogP contribution in [0.3, 0.4) is 0 Å². The van der Waals surface area contributed by atoms with Gasteiger partial charge in [-0.3, -0.25) is 0 Å². The molecule has 0 amide bonds. The van der Waals surface area contributed by atoms with Crippen molar-refractivity contribution in [3.05, 3.63) is 54.1 Å². The van der Waals surface area contributed by atoms with Gasteiger partial charge in [0.25, 0.3) is 0 Å². The van der Waals surface area contributed by atoms with E-state index in [-0.39, 0.29) is 0 Å². The Kier molecular flexibility index (Phi) is 2.95. The third kappa shape index (κ3) is 1.94. The zero-order valence-corrected chi connectivity index (χ0v) is 9.64. The molecule has 0 aliphatic rings. The Morgan fingerprint density at radius 1 is 0.875 bits per heavy atom. The standard InChI is InChI=1S/C15H16O/c1-11(2)15-13(9-6-10-14(15)16)12-7-4-3-5-8-12/h3-11,16H,1-2H3. The molecule has 1 N–H and O–H groups in total. The van der Waals surface area contributed by atoms with Crippen LogP contribution in [0.5, 0.6) is 5.75 Å². The Hall–Kier alpha value is -1.76. The summed E-state index contributed by atoms with van der Waals surface area (Å²) < 4.78 is 0. The molecular formula is C15H16O. The minimum Gasteiger partial charge on any atom is -0.508 e. The molecule has 0 bridgehead atoms. The van der Waals surface area contributed by atoms with Crippen LogP contribution in [0, 0.1) is 0 Å². The molecule has 0 aliphatic carbocycles. The van der Waals surface area contributed by atoms with Crippen LogP contribution >= 0.6 is 0 Å². The van der Waals surface area contributed by atoms with E-state index in [9.17, 15) is 5.11 Å². The lowest BCUT2D eigenvalue weighted by Crippen LogP contribution is -1.92. The highest BCUT2D eigenvalue weighted by Crippen LogP contribution is 2.35. The second kappa shape index (κ2) is 4.40. The van der Waals surface area contributed by atoms with Crippen LogP contribution in [0.4, 0.5) is 0 Å². The molecule has 0 atom stereocenters. The third-order valence-corrected chi connectivity index (χ3v) is 2.75. The van der Waals surface area contributed by atoms with E-state index in [0.717, 1.165) is 16.7 Å². The lowest BCUT2D eigenvalue weighted by atomic mass is 9.92. The highest BCUT2D eigenvalue weighted by molar-refractivity contribution is 5.70. The molecule has 0 saturated heterocycles. The molecule has 0 saturated carbocycles. The fourth-order valence-electron chi connectivity index (χ4n) is 2.03. The monoisotopic (exact) mass is 212 g/mol. The van der Waals surface area contributed by atoms with Gasteiger partial charge in [-0.25, -0.2) is 0 Å². The van der Waals surface area contributed by atoms with E-state index in [0.29, 0.717) is 11.7 Å². The van der Waals surface area contributed by atoms with E-state index < -0.39 is 0 Å². The van der Waals surface area contributed by atoms with Gasteiger partial charge in [0.1, 0.15) is 5.75 Å². The van der Waals surface area contributed by atoms with Crippen molar-refractivity contribution < 1.29 is 5.11 Å². The van der Waals surface area contributed by atoms with Gasteiger partial charge in [-0.15, -0.1) is 0 Å². The van der Waals surface area contributed by atoms with Crippen molar-refractivity contribution in [3.63, 3.8) is 0 Å². The summed E-state index contributed by atoms with van der Waals surface area (Å²) >= 11 is 0. The molecule has 0 aliphatic heterocycles. The number of phenolic OH excluding ortho intramolecular Hbond substituents is 1. The summed E-state index contributed by atoms with van der Waals surface area (Å²) in [5, 5.41) is 9.92. The number of phenols is 1. The predicted molar refractivity (Wildman–Crippen MR) is 67.6 cm³/mol. The van der Waals surface area contributed by atoms with Crippen LogP contribution < -0.4 is 0 Å². The fourth-order valence-corrected chi connectivity index (χ4v) is 2.03. The summed E-state index contributed by atoms with van der Waals surface area (Å²) in [6.07, 6.45) is 0. The van der Waals surface area contributed by atoms with Gasteiger partial charge in [0.15, 0.2) is 0 Å². The predicted octanol–water partition coefficient (Wildman–Crippen LogP) is 4.18. The number of hydrogen-bond acceptors (Lipinski definition) is 1. The van der Waals surface area contributed by atoms with E-state index in [1.807, 2.05) is 24.3 Å². The minimum atomic E-state index is 0.316. The van der Waals surface area contributed by atoms with Gasteiger partial charge in [-0.05, 0) is 23.1 Å². The first-order valence-electron chi connectivity index (χ1n) is 5.57. The lowest BCUT2D eigenvalue weighted by molar-refractivity contribution is 0.465. The smallest absolute Gasteiger partial charge is 0.119 e. The molecule has 1 heteroatoms. The SMILES string of the molecule is CC(C)c1c(O)cccc1-c1ccccc1. The van der Waals surface area contributed by atoms with Crippen LogP contribution in [0.15, 0.2) is 48.5 Å². The van der Waals surface area contributed by atoms with Gasteiger partial charge in [0, 0.05) is 5.56 Å². The number of rotatable bonds is 2.